The fourth-order valence-corrected chi connectivity index (χ4v) is 1.91. The molecule has 0 saturated carbocycles. The molecule has 0 aromatic heterocycles. The van der Waals surface area contributed by atoms with Crippen LogP contribution in [0.4, 0.5) is 0 Å². The molecule has 0 atom stereocenters. The summed E-state index contributed by atoms with van der Waals surface area (Å²) in [6.45, 7) is 2.80. The fourth-order valence-electron chi connectivity index (χ4n) is 1.70. The Hall–Kier alpha value is -1.55. The van der Waals surface area contributed by atoms with Gasteiger partial charge in [0.05, 0.1) is 20.0 Å². The number of esters is 1. The molecule has 0 aliphatic rings. The Morgan fingerprint density at radius 2 is 2.00 bits per heavy atom. The second kappa shape index (κ2) is 7.79. The lowest BCUT2D eigenvalue weighted by Crippen LogP contribution is -2.34. The van der Waals surface area contributed by atoms with Gasteiger partial charge in [0.25, 0.3) is 0 Å². The summed E-state index contributed by atoms with van der Waals surface area (Å²) in [7, 11) is 1.34. The van der Waals surface area contributed by atoms with E-state index >= 15 is 0 Å². The topological polar surface area (TPSA) is 46.6 Å². The molecule has 0 aliphatic carbocycles. The van der Waals surface area contributed by atoms with Crippen LogP contribution in [0, 0.1) is 0 Å². The first kappa shape index (κ1) is 15.5. The van der Waals surface area contributed by atoms with Crippen molar-refractivity contribution in [1.82, 2.24) is 4.90 Å². The highest BCUT2D eigenvalue weighted by molar-refractivity contribution is 6.31. The molecule has 0 saturated heterocycles. The monoisotopic (exact) mass is 283 g/mol. The third-order valence-corrected chi connectivity index (χ3v) is 3.22. The minimum atomic E-state index is -0.316. The molecular weight excluding hydrogens is 266 g/mol. The number of carbonyl (C=O) groups is 2. The molecule has 1 amide bonds. The molecule has 0 heterocycles. The summed E-state index contributed by atoms with van der Waals surface area (Å²) in [6.07, 6.45) is 0.452. The minimum Gasteiger partial charge on any atom is -0.469 e. The van der Waals surface area contributed by atoms with Crippen LogP contribution in [0.1, 0.15) is 18.9 Å². The largest absolute Gasteiger partial charge is 0.469 e. The average molecular weight is 284 g/mol. The highest BCUT2D eigenvalue weighted by Gasteiger charge is 2.15. The lowest BCUT2D eigenvalue weighted by Gasteiger charge is -2.20. The predicted octanol–water partition coefficient (Wildman–Crippen LogP) is 2.29. The number of amides is 1. The molecule has 0 spiro atoms. The van der Waals surface area contributed by atoms with Gasteiger partial charge in [0.2, 0.25) is 5.91 Å². The lowest BCUT2D eigenvalue weighted by molar-refractivity contribution is -0.141. The number of hydrogen-bond acceptors (Lipinski definition) is 3. The molecule has 1 aromatic carbocycles. The number of nitrogens with zero attached hydrogens (tertiary/aromatic N) is 1. The Balaban J connectivity index is 2.59. The van der Waals surface area contributed by atoms with Crippen LogP contribution in [0.3, 0.4) is 0 Å². The van der Waals surface area contributed by atoms with Gasteiger partial charge < -0.3 is 9.64 Å². The van der Waals surface area contributed by atoms with E-state index in [1.54, 1.807) is 11.0 Å². The fraction of sp³-hybridized carbons (Fsp3) is 0.429. The summed E-state index contributed by atoms with van der Waals surface area (Å²) >= 11 is 6.02. The normalized spacial score (nSPS) is 10.1. The molecule has 0 aliphatic heterocycles. The van der Waals surface area contributed by atoms with Crippen molar-refractivity contribution in [2.75, 3.05) is 20.2 Å². The molecule has 104 valence electrons. The van der Waals surface area contributed by atoms with Gasteiger partial charge in [-0.2, -0.15) is 0 Å². The van der Waals surface area contributed by atoms with E-state index in [1.165, 1.54) is 7.11 Å². The lowest BCUT2D eigenvalue weighted by atomic mass is 10.1. The first-order valence-electron chi connectivity index (χ1n) is 6.16. The zero-order chi connectivity index (χ0) is 14.3. The molecule has 1 rings (SSSR count). The van der Waals surface area contributed by atoms with Gasteiger partial charge in [-0.25, -0.2) is 0 Å². The third kappa shape index (κ3) is 4.91. The first-order valence-corrected chi connectivity index (χ1v) is 6.54. The molecule has 0 radical (unpaired) electrons. The van der Waals surface area contributed by atoms with Crippen molar-refractivity contribution in [2.45, 2.75) is 19.8 Å². The predicted molar refractivity (Wildman–Crippen MR) is 74.0 cm³/mol. The minimum absolute atomic E-state index is 0.0421. The van der Waals surface area contributed by atoms with Crippen molar-refractivity contribution in [2.24, 2.45) is 0 Å². The average Bonchev–Trinajstić information content (AvgIpc) is 2.41. The smallest absolute Gasteiger partial charge is 0.307 e. The van der Waals surface area contributed by atoms with E-state index in [-0.39, 0.29) is 24.7 Å². The maximum atomic E-state index is 12.1. The van der Waals surface area contributed by atoms with Crippen LogP contribution in [0.15, 0.2) is 24.3 Å². The summed E-state index contributed by atoms with van der Waals surface area (Å²) in [5.41, 5.74) is 0.797. The van der Waals surface area contributed by atoms with Crippen LogP contribution in [0.2, 0.25) is 5.02 Å². The van der Waals surface area contributed by atoms with Crippen LogP contribution in [-0.4, -0.2) is 37.0 Å². The zero-order valence-corrected chi connectivity index (χ0v) is 11.9. The highest BCUT2D eigenvalue weighted by Crippen LogP contribution is 2.16. The molecule has 19 heavy (non-hydrogen) atoms. The molecule has 0 bridgehead atoms. The number of rotatable bonds is 6. The van der Waals surface area contributed by atoms with E-state index in [0.29, 0.717) is 18.1 Å². The Morgan fingerprint density at radius 3 is 2.58 bits per heavy atom. The third-order valence-electron chi connectivity index (χ3n) is 2.85. The van der Waals surface area contributed by atoms with Gasteiger partial charge >= 0.3 is 5.97 Å². The van der Waals surface area contributed by atoms with Crippen molar-refractivity contribution in [1.29, 1.82) is 0 Å². The van der Waals surface area contributed by atoms with Crippen LogP contribution in [0.5, 0.6) is 0 Å². The van der Waals surface area contributed by atoms with Crippen molar-refractivity contribution < 1.29 is 14.3 Å². The van der Waals surface area contributed by atoms with Gasteiger partial charge in [-0.15, -0.1) is 0 Å². The van der Waals surface area contributed by atoms with E-state index in [0.717, 1.165) is 5.56 Å². The first-order chi connectivity index (χ1) is 9.08. The standard InChI is InChI=1S/C14H18ClNO3/c1-3-16(9-8-14(18)19-2)13(17)10-11-6-4-5-7-12(11)15/h4-7H,3,8-10H2,1-2H3. The van der Waals surface area contributed by atoms with Gasteiger partial charge in [0.1, 0.15) is 0 Å². The van der Waals surface area contributed by atoms with Gasteiger partial charge in [-0.1, -0.05) is 29.8 Å². The van der Waals surface area contributed by atoms with Crippen LogP contribution >= 0.6 is 11.6 Å². The number of carbonyl (C=O) groups excluding carboxylic acids is 2. The van der Waals surface area contributed by atoms with E-state index in [9.17, 15) is 9.59 Å². The van der Waals surface area contributed by atoms with Crippen molar-refractivity contribution in [3.8, 4) is 0 Å². The maximum Gasteiger partial charge on any atom is 0.307 e. The van der Waals surface area contributed by atoms with Crippen molar-refractivity contribution in [3.05, 3.63) is 34.9 Å². The van der Waals surface area contributed by atoms with Crippen molar-refractivity contribution >= 4 is 23.5 Å². The van der Waals surface area contributed by atoms with Gasteiger partial charge in [0, 0.05) is 18.1 Å². The van der Waals surface area contributed by atoms with E-state index in [1.807, 2.05) is 25.1 Å². The van der Waals surface area contributed by atoms with Crippen LogP contribution in [0.25, 0.3) is 0 Å². The maximum absolute atomic E-state index is 12.1. The molecule has 5 heteroatoms. The number of ether oxygens (including phenoxy) is 1. The molecule has 0 N–H and O–H groups in total. The summed E-state index contributed by atoms with van der Waals surface area (Å²) in [4.78, 5) is 24.8. The second-order valence-electron chi connectivity index (χ2n) is 4.07. The summed E-state index contributed by atoms with van der Waals surface area (Å²) in [5, 5.41) is 0.583. The highest BCUT2D eigenvalue weighted by atomic mass is 35.5. The van der Waals surface area contributed by atoms with E-state index in [4.69, 9.17) is 11.6 Å². The number of hydrogen-bond donors (Lipinski definition) is 0. The number of methoxy groups -OCH3 is 1. The van der Waals surface area contributed by atoms with Crippen LogP contribution in [-0.2, 0) is 20.7 Å². The quantitative estimate of drug-likeness (QED) is 0.753. The summed E-state index contributed by atoms with van der Waals surface area (Å²) in [5.74, 6) is -0.358. The Kier molecular flexibility index (Phi) is 6.36. The van der Waals surface area contributed by atoms with Gasteiger partial charge in [-0.3, -0.25) is 9.59 Å². The number of likely N-dealkylation sites (N-methyl/N-ethyl adjacent to an activating group) is 1. The van der Waals surface area contributed by atoms with Crippen molar-refractivity contribution in [3.63, 3.8) is 0 Å². The number of halogens is 1. The molecule has 0 fully saturated rings. The molecule has 0 unspecified atom stereocenters. The SMILES string of the molecule is CCN(CCC(=O)OC)C(=O)Cc1ccccc1Cl. The zero-order valence-electron chi connectivity index (χ0n) is 11.2. The van der Waals surface area contributed by atoms with Gasteiger partial charge in [0.15, 0.2) is 0 Å². The van der Waals surface area contributed by atoms with Crippen LogP contribution < -0.4 is 0 Å². The second-order valence-corrected chi connectivity index (χ2v) is 4.47. The summed E-state index contributed by atoms with van der Waals surface area (Å²) in [6, 6.07) is 7.26. The van der Waals surface area contributed by atoms with Gasteiger partial charge in [-0.05, 0) is 18.6 Å². The van der Waals surface area contributed by atoms with E-state index < -0.39 is 0 Å². The Morgan fingerprint density at radius 1 is 1.32 bits per heavy atom. The molecular formula is C14H18ClNO3. The molecule has 4 nitrogen and oxygen atoms in total. The molecule has 1 aromatic rings. The summed E-state index contributed by atoms with van der Waals surface area (Å²) < 4.78 is 4.56. The Labute approximate surface area is 118 Å². The van der Waals surface area contributed by atoms with E-state index in [2.05, 4.69) is 4.74 Å². The Bertz CT molecular complexity index is 448. The number of benzene rings is 1.